The average molecular weight is 565 g/mol. The topological polar surface area (TPSA) is 101 Å². The highest BCUT2D eigenvalue weighted by molar-refractivity contribution is 6.30. The van der Waals surface area contributed by atoms with E-state index in [-0.39, 0.29) is 48.9 Å². The number of hydrogen-bond acceptors (Lipinski definition) is 8. The lowest BCUT2D eigenvalue weighted by Crippen LogP contribution is -2.31. The van der Waals surface area contributed by atoms with Crippen molar-refractivity contribution in [2.75, 3.05) is 20.3 Å². The number of benzene rings is 1. The summed E-state index contributed by atoms with van der Waals surface area (Å²) in [6.07, 6.45) is 12.0. The Kier molecular flexibility index (Phi) is 13.3. The fraction of sp³-hybridized carbons (Fsp3) is 0.600. The zero-order chi connectivity index (χ0) is 28.0. The number of halogens is 1. The van der Waals surface area contributed by atoms with Gasteiger partial charge in [-0.25, -0.2) is 0 Å². The summed E-state index contributed by atoms with van der Waals surface area (Å²) < 4.78 is 28.3. The summed E-state index contributed by atoms with van der Waals surface area (Å²) in [4.78, 5) is 23.3. The number of aliphatic hydroxyl groups is 1. The molecule has 1 aromatic carbocycles. The third-order valence-corrected chi connectivity index (χ3v) is 7.24. The number of carbonyl (C=O) groups excluding carboxylic acids is 2. The van der Waals surface area contributed by atoms with Crippen molar-refractivity contribution < 1.29 is 38.4 Å². The molecular formula is C30H41ClO8. The van der Waals surface area contributed by atoms with Crippen LogP contribution in [0.5, 0.6) is 5.75 Å². The second-order valence-electron chi connectivity index (χ2n) is 9.99. The number of methoxy groups -OCH3 is 1. The molecule has 1 saturated heterocycles. The van der Waals surface area contributed by atoms with Crippen LogP contribution in [-0.4, -0.2) is 62.0 Å². The van der Waals surface area contributed by atoms with Gasteiger partial charge < -0.3 is 28.8 Å². The summed E-state index contributed by atoms with van der Waals surface area (Å²) in [6.45, 7) is 2.17. The SMILES string of the molecule is COC(=O)CCC/C=C\C[C@@H]1[C@@H](/C=C/[C@@H](O)COc2ccc(Cl)cc2)[C@H](OC2CCCCO2)C[C@@H]1OC(C)=O. The lowest BCUT2D eigenvalue weighted by molar-refractivity contribution is -0.193. The Hall–Kier alpha value is -2.39. The zero-order valence-electron chi connectivity index (χ0n) is 22.8. The fourth-order valence-corrected chi connectivity index (χ4v) is 5.16. The van der Waals surface area contributed by atoms with Crippen LogP contribution in [-0.2, 0) is 28.5 Å². The van der Waals surface area contributed by atoms with Crippen LogP contribution in [0.15, 0.2) is 48.6 Å². The van der Waals surface area contributed by atoms with E-state index in [0.717, 1.165) is 25.7 Å². The Balaban J connectivity index is 1.68. The molecule has 1 aliphatic heterocycles. The van der Waals surface area contributed by atoms with Crippen molar-refractivity contribution in [3.8, 4) is 5.75 Å². The summed E-state index contributed by atoms with van der Waals surface area (Å²) in [5.74, 6) is -0.0816. The molecule has 0 radical (unpaired) electrons. The number of unbranched alkanes of at least 4 members (excludes halogenated alkanes) is 1. The summed E-state index contributed by atoms with van der Waals surface area (Å²) in [7, 11) is 1.39. The average Bonchev–Trinajstić information content (AvgIpc) is 3.23. The molecule has 2 aliphatic rings. The Morgan fingerprint density at radius 1 is 1.18 bits per heavy atom. The smallest absolute Gasteiger partial charge is 0.305 e. The predicted molar refractivity (Wildman–Crippen MR) is 147 cm³/mol. The molecule has 8 nitrogen and oxygen atoms in total. The second kappa shape index (κ2) is 16.7. The van der Waals surface area contributed by atoms with Gasteiger partial charge in [0.2, 0.25) is 0 Å². The van der Waals surface area contributed by atoms with Gasteiger partial charge in [-0.05, 0) is 62.8 Å². The molecule has 0 amide bonds. The van der Waals surface area contributed by atoms with Crippen molar-refractivity contribution in [2.45, 2.75) is 82.9 Å². The highest BCUT2D eigenvalue weighted by Gasteiger charge is 2.45. The zero-order valence-corrected chi connectivity index (χ0v) is 23.6. The molecule has 1 heterocycles. The predicted octanol–water partition coefficient (Wildman–Crippen LogP) is 5.41. The highest BCUT2D eigenvalue weighted by atomic mass is 35.5. The van der Waals surface area contributed by atoms with Crippen molar-refractivity contribution in [1.29, 1.82) is 0 Å². The minimum atomic E-state index is -0.838. The number of aliphatic hydroxyl groups excluding tert-OH is 1. The Labute approximate surface area is 236 Å². The van der Waals surface area contributed by atoms with Crippen LogP contribution in [0.25, 0.3) is 0 Å². The minimum absolute atomic E-state index is 0.0417. The van der Waals surface area contributed by atoms with Crippen molar-refractivity contribution in [3.05, 3.63) is 53.6 Å². The monoisotopic (exact) mass is 564 g/mol. The molecule has 0 bridgehead atoms. The van der Waals surface area contributed by atoms with Crippen molar-refractivity contribution in [2.24, 2.45) is 11.8 Å². The van der Waals surface area contributed by atoms with E-state index in [0.29, 0.717) is 43.1 Å². The minimum Gasteiger partial charge on any atom is -0.491 e. The molecule has 1 unspecified atom stereocenters. The molecule has 0 aromatic heterocycles. The van der Waals surface area contributed by atoms with Crippen molar-refractivity contribution in [3.63, 3.8) is 0 Å². The molecule has 216 valence electrons. The third kappa shape index (κ3) is 11.0. The van der Waals surface area contributed by atoms with E-state index >= 15 is 0 Å². The molecule has 1 aromatic rings. The Morgan fingerprint density at radius 3 is 2.67 bits per heavy atom. The van der Waals surface area contributed by atoms with Gasteiger partial charge in [-0.15, -0.1) is 0 Å². The van der Waals surface area contributed by atoms with E-state index < -0.39 is 6.10 Å². The first-order valence-corrected chi connectivity index (χ1v) is 14.1. The lowest BCUT2D eigenvalue weighted by Gasteiger charge is -2.29. The summed E-state index contributed by atoms with van der Waals surface area (Å²) in [6, 6.07) is 6.97. The molecule has 39 heavy (non-hydrogen) atoms. The van der Waals surface area contributed by atoms with Gasteiger partial charge in [-0.1, -0.05) is 35.9 Å². The maximum absolute atomic E-state index is 11.9. The third-order valence-electron chi connectivity index (χ3n) is 6.99. The number of allylic oxidation sites excluding steroid dienone is 2. The van der Waals surface area contributed by atoms with E-state index in [1.807, 2.05) is 12.2 Å². The molecule has 9 heteroatoms. The van der Waals surface area contributed by atoms with Gasteiger partial charge in [0.15, 0.2) is 6.29 Å². The molecule has 1 saturated carbocycles. The molecule has 1 N–H and O–H groups in total. The van der Waals surface area contributed by atoms with Crippen LogP contribution in [0.1, 0.15) is 58.3 Å². The number of ether oxygens (including phenoxy) is 5. The fourth-order valence-electron chi connectivity index (χ4n) is 5.03. The van der Waals surface area contributed by atoms with Crippen LogP contribution in [0.3, 0.4) is 0 Å². The summed E-state index contributed by atoms with van der Waals surface area (Å²) >= 11 is 5.93. The van der Waals surface area contributed by atoms with Crippen molar-refractivity contribution in [1.82, 2.24) is 0 Å². The first-order valence-electron chi connectivity index (χ1n) is 13.8. The molecule has 6 atom stereocenters. The van der Waals surface area contributed by atoms with E-state index in [4.69, 9.17) is 35.3 Å². The summed E-state index contributed by atoms with van der Waals surface area (Å²) in [5, 5.41) is 11.2. The summed E-state index contributed by atoms with van der Waals surface area (Å²) in [5.41, 5.74) is 0. The normalized spacial score (nSPS) is 26.1. The van der Waals surface area contributed by atoms with Crippen LogP contribution in [0.2, 0.25) is 5.02 Å². The van der Waals surface area contributed by atoms with Gasteiger partial charge in [0, 0.05) is 43.2 Å². The van der Waals surface area contributed by atoms with Gasteiger partial charge in [0.1, 0.15) is 24.6 Å². The maximum Gasteiger partial charge on any atom is 0.305 e. The lowest BCUT2D eigenvalue weighted by atomic mass is 9.89. The Morgan fingerprint density at radius 2 is 1.97 bits per heavy atom. The standard InChI is InChI=1S/C30H41ClO8/c1-21(32)38-27-19-28(39-30-11-7-8-18-36-30)26(25(27)9-5-3-4-6-10-29(34)35-2)17-14-23(33)20-37-24-15-12-22(31)13-16-24/h3,5,12-17,23,25-28,30,33H,4,6-11,18-20H2,1-2H3/b5-3-,17-14+/t23-,25-,26-,27+,28-,30?/m1/s1. The van der Waals surface area contributed by atoms with E-state index in [1.54, 1.807) is 30.3 Å². The quantitative estimate of drug-likeness (QED) is 0.182. The van der Waals surface area contributed by atoms with E-state index in [9.17, 15) is 14.7 Å². The second-order valence-corrected chi connectivity index (χ2v) is 10.4. The first-order chi connectivity index (χ1) is 18.9. The molecule has 2 fully saturated rings. The molecule has 0 spiro atoms. The number of esters is 2. The van der Waals surface area contributed by atoms with Gasteiger partial charge in [-0.3, -0.25) is 9.59 Å². The van der Waals surface area contributed by atoms with E-state index in [2.05, 4.69) is 6.08 Å². The number of rotatable bonds is 14. The van der Waals surface area contributed by atoms with Gasteiger partial charge in [0.25, 0.3) is 0 Å². The van der Waals surface area contributed by atoms with Crippen LogP contribution in [0.4, 0.5) is 0 Å². The Bertz CT molecular complexity index is 941. The van der Waals surface area contributed by atoms with Gasteiger partial charge in [-0.2, -0.15) is 0 Å². The van der Waals surface area contributed by atoms with Crippen LogP contribution < -0.4 is 4.74 Å². The van der Waals surface area contributed by atoms with Crippen molar-refractivity contribution >= 4 is 23.5 Å². The number of carbonyl (C=O) groups is 2. The van der Waals surface area contributed by atoms with Gasteiger partial charge >= 0.3 is 11.9 Å². The highest BCUT2D eigenvalue weighted by Crippen LogP contribution is 2.41. The number of hydrogen-bond donors (Lipinski definition) is 1. The molecular weight excluding hydrogens is 524 g/mol. The van der Waals surface area contributed by atoms with Crippen LogP contribution in [0, 0.1) is 11.8 Å². The maximum atomic E-state index is 11.9. The largest absolute Gasteiger partial charge is 0.491 e. The van der Waals surface area contributed by atoms with Gasteiger partial charge in [0.05, 0.1) is 13.2 Å². The first kappa shape index (κ1) is 31.1. The molecule has 3 rings (SSSR count). The van der Waals surface area contributed by atoms with Crippen LogP contribution >= 0.6 is 11.6 Å². The van der Waals surface area contributed by atoms with E-state index in [1.165, 1.54) is 14.0 Å². The molecule has 1 aliphatic carbocycles.